The van der Waals surface area contributed by atoms with Gasteiger partial charge in [-0.05, 0) is 17.7 Å². The Labute approximate surface area is 101 Å². The molecular weight excluding hydrogens is 222 g/mol. The summed E-state index contributed by atoms with van der Waals surface area (Å²) >= 11 is 0. The van der Waals surface area contributed by atoms with Gasteiger partial charge in [0.05, 0.1) is 13.2 Å². The van der Waals surface area contributed by atoms with Gasteiger partial charge in [-0.2, -0.15) is 0 Å². The van der Waals surface area contributed by atoms with Crippen LogP contribution in [0.1, 0.15) is 25.0 Å². The van der Waals surface area contributed by atoms with E-state index < -0.39 is 6.04 Å². The number of nitrogens with zero attached hydrogens (tertiary/aromatic N) is 1. The lowest BCUT2D eigenvalue weighted by atomic mass is 10.0. The average Bonchev–Trinajstić information content (AvgIpc) is 2.35. The first-order valence-electron chi connectivity index (χ1n) is 5.38. The van der Waals surface area contributed by atoms with E-state index in [1.165, 1.54) is 0 Å². The van der Waals surface area contributed by atoms with Gasteiger partial charge in [-0.3, -0.25) is 10.1 Å². The van der Waals surface area contributed by atoms with Crippen molar-refractivity contribution in [1.29, 1.82) is 0 Å². The molecule has 0 spiro atoms. The monoisotopic (exact) mass is 239 g/mol. The van der Waals surface area contributed by atoms with Gasteiger partial charge in [-0.15, -0.1) is 0 Å². The van der Waals surface area contributed by atoms with Gasteiger partial charge in [-0.25, -0.2) is 0 Å². The molecule has 94 valence electrons. The Kier molecular flexibility index (Phi) is 4.90. The molecule has 1 rings (SSSR count). The molecule has 0 heterocycles. The molecule has 0 saturated carbocycles. The van der Waals surface area contributed by atoms with Crippen LogP contribution in [0.5, 0.6) is 5.75 Å². The average molecular weight is 239 g/mol. The fourth-order valence-electron chi connectivity index (χ4n) is 1.58. The molecule has 0 aromatic heterocycles. The van der Waals surface area contributed by atoms with E-state index in [0.29, 0.717) is 6.42 Å². The Balaban J connectivity index is 2.75. The van der Waals surface area contributed by atoms with Crippen LogP contribution in [-0.4, -0.2) is 25.2 Å². The van der Waals surface area contributed by atoms with Gasteiger partial charge in [0, 0.05) is 25.4 Å². The summed E-state index contributed by atoms with van der Waals surface area (Å²) < 4.78 is 10.3. The summed E-state index contributed by atoms with van der Waals surface area (Å²) in [6, 6.07) is 6.73. The standard InChI is InChI=1S/C12H17NO4/c1-9(13(14)15)8-12(17-3)10-4-6-11(16-2)7-5-10/h4-7,9,12H,8H2,1-3H3. The summed E-state index contributed by atoms with van der Waals surface area (Å²) in [6.45, 7) is 1.58. The van der Waals surface area contributed by atoms with Crippen molar-refractivity contribution < 1.29 is 14.4 Å². The van der Waals surface area contributed by atoms with Crippen LogP contribution in [0.15, 0.2) is 24.3 Å². The third-order valence-electron chi connectivity index (χ3n) is 2.69. The molecule has 5 nitrogen and oxygen atoms in total. The number of benzene rings is 1. The second kappa shape index (κ2) is 6.20. The molecule has 0 aliphatic rings. The summed E-state index contributed by atoms with van der Waals surface area (Å²) in [4.78, 5) is 10.3. The van der Waals surface area contributed by atoms with Gasteiger partial charge in [-0.1, -0.05) is 12.1 Å². The predicted molar refractivity (Wildman–Crippen MR) is 63.8 cm³/mol. The van der Waals surface area contributed by atoms with Crippen LogP contribution >= 0.6 is 0 Å². The second-order valence-corrected chi connectivity index (χ2v) is 3.87. The predicted octanol–water partition coefficient (Wildman–Crippen LogP) is 2.44. The minimum absolute atomic E-state index is 0.263. The second-order valence-electron chi connectivity index (χ2n) is 3.87. The summed E-state index contributed by atoms with van der Waals surface area (Å²) in [7, 11) is 3.15. The zero-order valence-corrected chi connectivity index (χ0v) is 10.3. The normalized spacial score (nSPS) is 14.1. The lowest BCUT2D eigenvalue weighted by molar-refractivity contribution is -0.520. The Bertz CT molecular complexity index is 363. The van der Waals surface area contributed by atoms with Crippen molar-refractivity contribution >= 4 is 0 Å². The molecule has 0 aliphatic carbocycles. The molecule has 0 fully saturated rings. The van der Waals surface area contributed by atoms with E-state index in [1.54, 1.807) is 21.1 Å². The smallest absolute Gasteiger partial charge is 0.213 e. The Morgan fingerprint density at radius 2 is 1.88 bits per heavy atom. The molecule has 2 atom stereocenters. The third-order valence-corrected chi connectivity index (χ3v) is 2.69. The van der Waals surface area contributed by atoms with Gasteiger partial charge in [0.15, 0.2) is 0 Å². The maximum absolute atomic E-state index is 10.6. The van der Waals surface area contributed by atoms with E-state index >= 15 is 0 Å². The molecule has 2 unspecified atom stereocenters. The largest absolute Gasteiger partial charge is 0.497 e. The van der Waals surface area contributed by atoms with Crippen molar-refractivity contribution in [3.05, 3.63) is 39.9 Å². The fraction of sp³-hybridized carbons (Fsp3) is 0.500. The fourth-order valence-corrected chi connectivity index (χ4v) is 1.58. The zero-order chi connectivity index (χ0) is 12.8. The summed E-state index contributed by atoms with van der Waals surface area (Å²) in [6.07, 6.45) is 0.0943. The quantitative estimate of drug-likeness (QED) is 0.565. The molecule has 0 radical (unpaired) electrons. The van der Waals surface area contributed by atoms with E-state index in [0.717, 1.165) is 11.3 Å². The van der Waals surface area contributed by atoms with E-state index in [9.17, 15) is 10.1 Å². The molecule has 0 N–H and O–H groups in total. The van der Waals surface area contributed by atoms with Crippen molar-refractivity contribution in [3.63, 3.8) is 0 Å². The van der Waals surface area contributed by atoms with Gasteiger partial charge < -0.3 is 9.47 Å². The highest BCUT2D eigenvalue weighted by atomic mass is 16.6. The van der Waals surface area contributed by atoms with Crippen LogP contribution in [0.2, 0.25) is 0 Å². The van der Waals surface area contributed by atoms with Gasteiger partial charge in [0.1, 0.15) is 5.75 Å². The van der Waals surface area contributed by atoms with Crippen LogP contribution in [-0.2, 0) is 4.74 Å². The van der Waals surface area contributed by atoms with E-state index in [-0.39, 0.29) is 11.0 Å². The van der Waals surface area contributed by atoms with E-state index in [4.69, 9.17) is 9.47 Å². The van der Waals surface area contributed by atoms with Crippen molar-refractivity contribution in [2.75, 3.05) is 14.2 Å². The highest BCUT2D eigenvalue weighted by Gasteiger charge is 2.21. The maximum atomic E-state index is 10.6. The highest BCUT2D eigenvalue weighted by Crippen LogP contribution is 2.24. The first-order chi connectivity index (χ1) is 8.08. The molecule has 0 amide bonds. The zero-order valence-electron chi connectivity index (χ0n) is 10.3. The van der Waals surface area contributed by atoms with Gasteiger partial charge >= 0.3 is 0 Å². The lowest BCUT2D eigenvalue weighted by Gasteiger charge is -2.16. The van der Waals surface area contributed by atoms with Crippen LogP contribution < -0.4 is 4.74 Å². The first kappa shape index (κ1) is 13.4. The van der Waals surface area contributed by atoms with Crippen LogP contribution in [0.4, 0.5) is 0 Å². The first-order valence-corrected chi connectivity index (χ1v) is 5.38. The van der Waals surface area contributed by atoms with Crippen molar-refractivity contribution in [2.45, 2.75) is 25.5 Å². The van der Waals surface area contributed by atoms with Crippen molar-refractivity contribution in [3.8, 4) is 5.75 Å². The molecule has 5 heteroatoms. The summed E-state index contributed by atoms with van der Waals surface area (Å²) in [5.74, 6) is 0.755. The molecule has 1 aromatic rings. The molecule has 1 aromatic carbocycles. The molecular formula is C12H17NO4. The van der Waals surface area contributed by atoms with Crippen LogP contribution in [0.3, 0.4) is 0 Å². The number of nitro groups is 1. The number of hydrogen-bond donors (Lipinski definition) is 0. The number of hydrogen-bond acceptors (Lipinski definition) is 4. The topological polar surface area (TPSA) is 61.6 Å². The number of ether oxygens (including phenoxy) is 2. The van der Waals surface area contributed by atoms with Crippen LogP contribution in [0, 0.1) is 10.1 Å². The van der Waals surface area contributed by atoms with Crippen molar-refractivity contribution in [1.82, 2.24) is 0 Å². The molecule has 0 bridgehead atoms. The number of methoxy groups -OCH3 is 2. The third kappa shape index (κ3) is 3.71. The Morgan fingerprint density at radius 3 is 2.29 bits per heavy atom. The Morgan fingerprint density at radius 1 is 1.29 bits per heavy atom. The Hall–Kier alpha value is -1.62. The highest BCUT2D eigenvalue weighted by molar-refractivity contribution is 5.28. The lowest BCUT2D eigenvalue weighted by Crippen LogP contribution is -2.19. The van der Waals surface area contributed by atoms with Gasteiger partial charge in [0.25, 0.3) is 0 Å². The van der Waals surface area contributed by atoms with Crippen LogP contribution in [0.25, 0.3) is 0 Å². The minimum Gasteiger partial charge on any atom is -0.497 e. The molecule has 17 heavy (non-hydrogen) atoms. The van der Waals surface area contributed by atoms with Gasteiger partial charge in [0.2, 0.25) is 6.04 Å². The summed E-state index contributed by atoms with van der Waals surface area (Å²) in [5, 5.41) is 10.6. The maximum Gasteiger partial charge on any atom is 0.213 e. The van der Waals surface area contributed by atoms with Crippen molar-refractivity contribution in [2.24, 2.45) is 0 Å². The number of rotatable bonds is 6. The SMILES string of the molecule is COc1ccc(C(CC(C)[N+](=O)[O-])OC)cc1. The van der Waals surface area contributed by atoms with E-state index in [2.05, 4.69) is 0 Å². The molecule has 0 aliphatic heterocycles. The minimum atomic E-state index is -0.623. The summed E-state index contributed by atoms with van der Waals surface area (Å²) in [5.41, 5.74) is 0.919. The molecule has 0 saturated heterocycles. The van der Waals surface area contributed by atoms with E-state index in [1.807, 2.05) is 24.3 Å².